The van der Waals surface area contributed by atoms with Crippen molar-refractivity contribution < 1.29 is 27.4 Å². The van der Waals surface area contributed by atoms with Crippen molar-refractivity contribution in [3.63, 3.8) is 0 Å². The van der Waals surface area contributed by atoms with E-state index in [4.69, 9.17) is 4.74 Å². The Hall–Kier alpha value is -2.45. The molecule has 0 unspecified atom stereocenters. The Balaban J connectivity index is 2.13. The summed E-state index contributed by atoms with van der Waals surface area (Å²) in [6.07, 6.45) is -4.14. The number of fused-ring (bicyclic) bond motifs is 1. The number of rotatable bonds is 3. The zero-order valence-corrected chi connectivity index (χ0v) is 14.5. The average molecular weight is 387 g/mol. The molecule has 27 heavy (non-hydrogen) atoms. The fraction of sp³-hybridized carbons (Fsp3) is 0.562. The fourth-order valence-electron chi connectivity index (χ4n) is 2.95. The van der Waals surface area contributed by atoms with E-state index in [1.54, 1.807) is 0 Å². The summed E-state index contributed by atoms with van der Waals surface area (Å²) in [6.45, 7) is 2.20. The Kier molecular flexibility index (Phi) is 4.73. The molecule has 0 amide bonds. The third-order valence-corrected chi connectivity index (χ3v) is 4.68. The fourth-order valence-corrected chi connectivity index (χ4v) is 2.95. The van der Waals surface area contributed by atoms with Crippen LogP contribution >= 0.6 is 0 Å². The lowest BCUT2D eigenvalue weighted by Crippen LogP contribution is -2.42. The molecule has 3 heterocycles. The molecule has 1 aliphatic rings. The Morgan fingerprint density at radius 2 is 2.11 bits per heavy atom. The molecule has 0 radical (unpaired) electrons. The molecular weight excluding hydrogens is 370 g/mol. The number of aliphatic hydroxyl groups is 1. The minimum absolute atomic E-state index is 0.0906. The van der Waals surface area contributed by atoms with Gasteiger partial charge in [0.15, 0.2) is 5.82 Å². The van der Waals surface area contributed by atoms with Crippen LogP contribution in [0.15, 0.2) is 6.20 Å². The minimum atomic E-state index is -4.74. The maximum atomic E-state index is 14.5. The Labute approximate surface area is 151 Å². The van der Waals surface area contributed by atoms with Gasteiger partial charge in [-0.15, -0.1) is 5.10 Å². The first kappa shape index (κ1) is 19.3. The highest BCUT2D eigenvalue weighted by Crippen LogP contribution is 2.43. The summed E-state index contributed by atoms with van der Waals surface area (Å²) in [5.74, 6) is -1.20. The number of alkyl halides is 3. The maximum absolute atomic E-state index is 14.5. The molecule has 0 spiro atoms. The van der Waals surface area contributed by atoms with Crippen LogP contribution in [-0.4, -0.2) is 51.2 Å². The predicted octanol–water partition coefficient (Wildman–Crippen LogP) is 2.14. The summed E-state index contributed by atoms with van der Waals surface area (Å²) in [4.78, 5) is 3.90. The first-order valence-electron chi connectivity index (χ1n) is 8.14. The van der Waals surface area contributed by atoms with Crippen LogP contribution < -0.4 is 5.32 Å². The molecule has 2 atom stereocenters. The maximum Gasteiger partial charge on any atom is 0.399 e. The quantitative estimate of drug-likeness (QED) is 0.784. The second-order valence-electron chi connectivity index (χ2n) is 6.83. The van der Waals surface area contributed by atoms with Crippen LogP contribution in [0.3, 0.4) is 0 Å². The molecular formula is C16H17F4N5O2. The molecule has 0 saturated carbocycles. The van der Waals surface area contributed by atoms with Gasteiger partial charge in [0, 0.05) is 6.61 Å². The van der Waals surface area contributed by atoms with Gasteiger partial charge < -0.3 is 15.2 Å². The Morgan fingerprint density at radius 3 is 2.70 bits per heavy atom. The number of halogens is 4. The average Bonchev–Trinajstić information content (AvgIpc) is 2.88. The van der Waals surface area contributed by atoms with Crippen molar-refractivity contribution in [1.82, 2.24) is 14.6 Å². The van der Waals surface area contributed by atoms with Crippen molar-refractivity contribution in [3.05, 3.63) is 23.3 Å². The molecule has 2 aromatic heterocycles. The summed E-state index contributed by atoms with van der Waals surface area (Å²) in [7, 11) is 0. The Morgan fingerprint density at radius 1 is 1.41 bits per heavy atom. The summed E-state index contributed by atoms with van der Waals surface area (Å²) in [5.41, 5.74) is -4.20. The summed E-state index contributed by atoms with van der Waals surface area (Å²) >= 11 is 0. The number of aliphatic hydroxyl groups excluding tert-OH is 1. The SMILES string of the molecule is CC(C)(c1c(C#N)c(F)c2cnc(N[C@@H]3CCOC[C@H]3O)nn12)C(F)(F)F. The van der Waals surface area contributed by atoms with E-state index < -0.39 is 40.8 Å². The standard InChI is InChI=1S/C16H17F4N5O2/c1-15(2,16(18,19)20)13-8(5-21)12(17)10-6-22-14(24-25(10)13)23-9-3-4-27-7-11(9)26/h6,9,11,26H,3-4,7H2,1-2H3,(H,23,24)/t9-,11-/m1/s1. The minimum Gasteiger partial charge on any atom is -0.389 e. The summed E-state index contributed by atoms with van der Waals surface area (Å²) in [6, 6.07) is 1.03. The molecule has 0 aromatic carbocycles. The van der Waals surface area contributed by atoms with E-state index in [-0.39, 0.29) is 18.1 Å². The zero-order valence-electron chi connectivity index (χ0n) is 14.5. The molecule has 7 nitrogen and oxygen atoms in total. The van der Waals surface area contributed by atoms with E-state index in [0.717, 1.165) is 24.6 Å². The van der Waals surface area contributed by atoms with E-state index in [1.807, 2.05) is 0 Å². The van der Waals surface area contributed by atoms with E-state index >= 15 is 0 Å². The van der Waals surface area contributed by atoms with Crippen molar-refractivity contribution >= 4 is 11.5 Å². The number of aromatic nitrogens is 3. The highest BCUT2D eigenvalue weighted by atomic mass is 19.4. The largest absolute Gasteiger partial charge is 0.399 e. The summed E-state index contributed by atoms with van der Waals surface area (Å²) < 4.78 is 61.0. The number of hydrogen-bond donors (Lipinski definition) is 2. The van der Waals surface area contributed by atoms with E-state index in [2.05, 4.69) is 15.4 Å². The summed E-state index contributed by atoms with van der Waals surface area (Å²) in [5, 5.41) is 25.9. The van der Waals surface area contributed by atoms with Crippen molar-refractivity contribution in [2.75, 3.05) is 18.5 Å². The van der Waals surface area contributed by atoms with Gasteiger partial charge in [-0.05, 0) is 20.3 Å². The van der Waals surface area contributed by atoms with Gasteiger partial charge in [0.05, 0.1) is 30.6 Å². The monoisotopic (exact) mass is 387 g/mol. The van der Waals surface area contributed by atoms with Crippen LogP contribution in [0.5, 0.6) is 0 Å². The first-order chi connectivity index (χ1) is 12.6. The van der Waals surface area contributed by atoms with Crippen LogP contribution in [0, 0.1) is 17.1 Å². The van der Waals surface area contributed by atoms with Crippen LogP contribution in [0.25, 0.3) is 5.52 Å². The van der Waals surface area contributed by atoms with Gasteiger partial charge in [0.1, 0.15) is 22.6 Å². The molecule has 1 saturated heterocycles. The third kappa shape index (κ3) is 3.19. The van der Waals surface area contributed by atoms with Crippen molar-refractivity contribution in [2.45, 2.75) is 44.0 Å². The number of ether oxygens (including phenoxy) is 1. The number of nitrogens with one attached hydrogen (secondary N) is 1. The number of nitriles is 1. The van der Waals surface area contributed by atoms with Crippen molar-refractivity contribution in [2.24, 2.45) is 0 Å². The van der Waals surface area contributed by atoms with Crippen LogP contribution in [-0.2, 0) is 10.2 Å². The molecule has 1 aliphatic heterocycles. The second kappa shape index (κ2) is 6.61. The van der Waals surface area contributed by atoms with Crippen molar-refractivity contribution in [3.8, 4) is 6.07 Å². The predicted molar refractivity (Wildman–Crippen MR) is 85.6 cm³/mol. The van der Waals surface area contributed by atoms with Gasteiger partial charge in [-0.3, -0.25) is 0 Å². The third-order valence-electron chi connectivity index (χ3n) is 4.68. The first-order valence-corrected chi connectivity index (χ1v) is 8.14. The molecule has 146 valence electrons. The second-order valence-corrected chi connectivity index (χ2v) is 6.83. The molecule has 0 bridgehead atoms. The van der Waals surface area contributed by atoms with Gasteiger partial charge in [0.25, 0.3) is 0 Å². The van der Waals surface area contributed by atoms with Gasteiger partial charge in [-0.25, -0.2) is 13.9 Å². The van der Waals surface area contributed by atoms with E-state index in [0.29, 0.717) is 13.0 Å². The van der Waals surface area contributed by atoms with Gasteiger partial charge in [-0.2, -0.15) is 18.4 Å². The molecule has 3 rings (SSSR count). The molecule has 0 aliphatic carbocycles. The van der Waals surface area contributed by atoms with E-state index in [9.17, 15) is 27.9 Å². The highest BCUT2D eigenvalue weighted by Gasteiger charge is 2.52. The van der Waals surface area contributed by atoms with E-state index in [1.165, 1.54) is 6.07 Å². The Bertz CT molecular complexity index is 903. The number of hydrogen-bond acceptors (Lipinski definition) is 6. The van der Waals surface area contributed by atoms with Gasteiger partial charge in [0.2, 0.25) is 5.95 Å². The van der Waals surface area contributed by atoms with Crippen LogP contribution in [0.1, 0.15) is 31.5 Å². The van der Waals surface area contributed by atoms with Crippen LogP contribution in [0.4, 0.5) is 23.5 Å². The highest BCUT2D eigenvalue weighted by molar-refractivity contribution is 5.59. The molecule has 2 N–H and O–H groups in total. The zero-order chi connectivity index (χ0) is 20.0. The van der Waals surface area contributed by atoms with Crippen molar-refractivity contribution in [1.29, 1.82) is 5.26 Å². The molecule has 1 fully saturated rings. The molecule has 2 aromatic rings. The topological polar surface area (TPSA) is 95.5 Å². The lowest BCUT2D eigenvalue weighted by Gasteiger charge is -2.29. The number of anilines is 1. The van der Waals surface area contributed by atoms with Gasteiger partial charge >= 0.3 is 6.18 Å². The van der Waals surface area contributed by atoms with Gasteiger partial charge in [-0.1, -0.05) is 0 Å². The van der Waals surface area contributed by atoms with Crippen LogP contribution in [0.2, 0.25) is 0 Å². The smallest absolute Gasteiger partial charge is 0.389 e. The normalized spacial score (nSPS) is 21.3. The lowest BCUT2D eigenvalue weighted by molar-refractivity contribution is -0.181. The number of nitrogens with zero attached hydrogens (tertiary/aromatic N) is 4. The molecule has 11 heteroatoms. The lowest BCUT2D eigenvalue weighted by atomic mass is 9.86.